The van der Waals surface area contributed by atoms with Crippen LogP contribution in [0.2, 0.25) is 0 Å². The zero-order valence-electron chi connectivity index (χ0n) is 13.2. The van der Waals surface area contributed by atoms with Crippen LogP contribution in [0.25, 0.3) is 22.2 Å². The van der Waals surface area contributed by atoms with Crippen LogP contribution in [-0.2, 0) is 12.0 Å². The van der Waals surface area contributed by atoms with Gasteiger partial charge >= 0.3 is 0 Å². The van der Waals surface area contributed by atoms with Gasteiger partial charge in [0.15, 0.2) is 0 Å². The number of hydrogen-bond donors (Lipinski definition) is 1. The highest BCUT2D eigenvalue weighted by molar-refractivity contribution is 7.15. The molecule has 7 heteroatoms. The Balaban J connectivity index is 0.00000192. The summed E-state index contributed by atoms with van der Waals surface area (Å²) in [6.45, 7) is 6.92. The van der Waals surface area contributed by atoms with Crippen molar-refractivity contribution < 1.29 is 4.52 Å². The Morgan fingerprint density at radius 1 is 1.17 bits per heavy atom. The molecular weight excluding hydrogens is 332 g/mol. The summed E-state index contributed by atoms with van der Waals surface area (Å²) in [6.07, 6.45) is 1.79. The monoisotopic (exact) mass is 350 g/mol. The summed E-state index contributed by atoms with van der Waals surface area (Å²) >= 11 is 1.58. The third-order valence-corrected chi connectivity index (χ3v) is 4.64. The van der Waals surface area contributed by atoms with E-state index in [-0.39, 0.29) is 17.8 Å². The maximum atomic E-state index is 5.60. The van der Waals surface area contributed by atoms with E-state index >= 15 is 0 Å². The minimum absolute atomic E-state index is 0. The summed E-state index contributed by atoms with van der Waals surface area (Å²) in [5.41, 5.74) is 7.60. The molecular formula is C16H19ClN4OS. The molecule has 0 spiro atoms. The van der Waals surface area contributed by atoms with Gasteiger partial charge in [-0.1, -0.05) is 50.2 Å². The topological polar surface area (TPSA) is 77.8 Å². The second kappa shape index (κ2) is 6.78. The molecule has 2 N–H and O–H groups in total. The molecule has 0 unspecified atom stereocenters. The van der Waals surface area contributed by atoms with Gasteiger partial charge in [0.2, 0.25) is 5.82 Å². The maximum absolute atomic E-state index is 5.60. The number of nitrogens with zero attached hydrogens (tertiary/aromatic N) is 3. The molecule has 0 saturated heterocycles. The van der Waals surface area contributed by atoms with Crippen LogP contribution in [0, 0.1) is 0 Å². The van der Waals surface area contributed by atoms with Gasteiger partial charge in [0.1, 0.15) is 4.88 Å². The molecule has 0 aliphatic heterocycles. The summed E-state index contributed by atoms with van der Waals surface area (Å²) in [6, 6.07) is 7.83. The molecule has 0 saturated carbocycles. The normalized spacial score (nSPS) is 11.3. The molecule has 2 heterocycles. The second-order valence-corrected chi connectivity index (χ2v) is 7.13. The standard InChI is InChI=1S/C16H18N4OS.ClH/c1-16(2,3)15-18-9-12(22-15)14-19-13(20-21-14)11-6-4-10(8-17)5-7-11;/h4-7,9H,8,17H2,1-3H3;1H. The lowest BCUT2D eigenvalue weighted by molar-refractivity contribution is 0.433. The molecule has 0 fully saturated rings. The zero-order valence-corrected chi connectivity index (χ0v) is 14.9. The van der Waals surface area contributed by atoms with E-state index in [1.807, 2.05) is 24.3 Å². The van der Waals surface area contributed by atoms with E-state index in [1.165, 1.54) is 0 Å². The summed E-state index contributed by atoms with van der Waals surface area (Å²) in [5.74, 6) is 1.08. The van der Waals surface area contributed by atoms with Gasteiger partial charge in [-0.25, -0.2) is 4.98 Å². The first-order chi connectivity index (χ1) is 10.5. The molecule has 0 radical (unpaired) electrons. The lowest BCUT2D eigenvalue weighted by Gasteiger charge is -2.13. The minimum Gasteiger partial charge on any atom is -0.333 e. The van der Waals surface area contributed by atoms with Crippen LogP contribution in [0.3, 0.4) is 0 Å². The molecule has 0 aliphatic rings. The quantitative estimate of drug-likeness (QED) is 0.771. The number of aromatic nitrogens is 3. The van der Waals surface area contributed by atoms with Gasteiger partial charge in [-0.2, -0.15) is 4.98 Å². The Hall–Kier alpha value is -1.76. The van der Waals surface area contributed by atoms with Gasteiger partial charge in [-0.15, -0.1) is 23.7 Å². The number of benzene rings is 1. The fraction of sp³-hybridized carbons (Fsp3) is 0.312. The van der Waals surface area contributed by atoms with Gasteiger partial charge in [0, 0.05) is 17.5 Å². The van der Waals surface area contributed by atoms with Gasteiger partial charge in [-0.05, 0) is 5.56 Å². The molecule has 3 rings (SSSR count). The lowest BCUT2D eigenvalue weighted by Crippen LogP contribution is -2.09. The average molecular weight is 351 g/mol. The Kier molecular flexibility index (Phi) is 5.19. The lowest BCUT2D eigenvalue weighted by atomic mass is 9.98. The van der Waals surface area contributed by atoms with Crippen LogP contribution < -0.4 is 5.73 Å². The van der Waals surface area contributed by atoms with Gasteiger partial charge in [0.05, 0.1) is 11.2 Å². The Morgan fingerprint density at radius 3 is 2.43 bits per heavy atom. The largest absolute Gasteiger partial charge is 0.333 e. The van der Waals surface area contributed by atoms with Gasteiger partial charge < -0.3 is 10.3 Å². The molecule has 23 heavy (non-hydrogen) atoms. The molecule has 0 aliphatic carbocycles. The fourth-order valence-electron chi connectivity index (χ4n) is 1.95. The molecule has 3 aromatic rings. The highest BCUT2D eigenvalue weighted by Crippen LogP contribution is 2.32. The Labute approximate surface area is 145 Å². The van der Waals surface area contributed by atoms with E-state index in [9.17, 15) is 0 Å². The Morgan fingerprint density at radius 2 is 1.87 bits per heavy atom. The molecule has 0 amide bonds. The van der Waals surface area contributed by atoms with Gasteiger partial charge in [-0.3, -0.25) is 0 Å². The van der Waals surface area contributed by atoms with Crippen molar-refractivity contribution in [2.75, 3.05) is 0 Å². The number of rotatable bonds is 3. The SMILES string of the molecule is CC(C)(C)c1ncc(-c2nc(-c3ccc(CN)cc3)no2)s1.Cl. The summed E-state index contributed by atoms with van der Waals surface area (Å²) in [7, 11) is 0. The molecule has 2 aromatic heterocycles. The molecule has 1 aromatic carbocycles. The summed E-state index contributed by atoms with van der Waals surface area (Å²) in [5, 5.41) is 5.10. The average Bonchev–Trinajstić information content (AvgIpc) is 3.15. The first-order valence-corrected chi connectivity index (χ1v) is 7.89. The Bertz CT molecular complexity index is 774. The third kappa shape index (κ3) is 3.77. The number of thiazole rings is 1. The van der Waals surface area contributed by atoms with E-state index < -0.39 is 0 Å². The van der Waals surface area contributed by atoms with Crippen LogP contribution >= 0.6 is 23.7 Å². The van der Waals surface area contributed by atoms with Crippen LogP contribution in [0.1, 0.15) is 31.3 Å². The van der Waals surface area contributed by atoms with Crippen molar-refractivity contribution in [1.82, 2.24) is 15.1 Å². The van der Waals surface area contributed by atoms with Crippen molar-refractivity contribution in [3.05, 3.63) is 41.0 Å². The predicted molar refractivity (Wildman–Crippen MR) is 94.7 cm³/mol. The predicted octanol–water partition coefficient (Wildman–Crippen LogP) is 4.04. The minimum atomic E-state index is 0. The number of nitrogens with two attached hydrogens (primary N) is 1. The van der Waals surface area contributed by atoms with Crippen LogP contribution in [-0.4, -0.2) is 15.1 Å². The van der Waals surface area contributed by atoms with Crippen molar-refractivity contribution >= 4 is 23.7 Å². The first kappa shape index (κ1) is 17.6. The molecule has 0 atom stereocenters. The highest BCUT2D eigenvalue weighted by Gasteiger charge is 2.20. The van der Waals surface area contributed by atoms with Crippen LogP contribution in [0.5, 0.6) is 0 Å². The molecule has 0 bridgehead atoms. The van der Waals surface area contributed by atoms with Crippen molar-refractivity contribution in [1.29, 1.82) is 0 Å². The van der Waals surface area contributed by atoms with Crippen LogP contribution in [0.4, 0.5) is 0 Å². The second-order valence-electron chi connectivity index (χ2n) is 6.10. The number of hydrogen-bond acceptors (Lipinski definition) is 6. The van der Waals surface area contributed by atoms with E-state index in [0.717, 1.165) is 21.0 Å². The molecule has 5 nitrogen and oxygen atoms in total. The van der Waals surface area contributed by atoms with E-state index in [0.29, 0.717) is 18.3 Å². The smallest absolute Gasteiger partial charge is 0.269 e. The highest BCUT2D eigenvalue weighted by atomic mass is 35.5. The van der Waals surface area contributed by atoms with E-state index in [4.69, 9.17) is 10.3 Å². The maximum Gasteiger partial charge on any atom is 0.269 e. The van der Waals surface area contributed by atoms with Crippen molar-refractivity contribution in [2.45, 2.75) is 32.7 Å². The first-order valence-electron chi connectivity index (χ1n) is 7.07. The fourth-order valence-corrected chi connectivity index (χ4v) is 2.85. The van der Waals surface area contributed by atoms with Crippen molar-refractivity contribution in [2.24, 2.45) is 5.73 Å². The summed E-state index contributed by atoms with van der Waals surface area (Å²) in [4.78, 5) is 9.80. The van der Waals surface area contributed by atoms with Gasteiger partial charge in [0.25, 0.3) is 5.89 Å². The molecule has 122 valence electrons. The van der Waals surface area contributed by atoms with Crippen molar-refractivity contribution in [3.63, 3.8) is 0 Å². The summed E-state index contributed by atoms with van der Waals surface area (Å²) < 4.78 is 5.37. The van der Waals surface area contributed by atoms with Crippen molar-refractivity contribution in [3.8, 4) is 22.2 Å². The van der Waals surface area contributed by atoms with E-state index in [2.05, 4.69) is 35.9 Å². The zero-order chi connectivity index (χ0) is 15.7. The van der Waals surface area contributed by atoms with E-state index in [1.54, 1.807) is 17.5 Å². The third-order valence-electron chi connectivity index (χ3n) is 3.23. The number of halogens is 1. The van der Waals surface area contributed by atoms with Crippen LogP contribution in [0.15, 0.2) is 35.0 Å².